The topological polar surface area (TPSA) is 66.4 Å². The summed E-state index contributed by atoms with van der Waals surface area (Å²) in [5.74, 6) is -0.622. The molecule has 1 unspecified atom stereocenters. The summed E-state index contributed by atoms with van der Waals surface area (Å²) in [6, 6.07) is 8.26. The van der Waals surface area contributed by atoms with Gasteiger partial charge in [0.2, 0.25) is 5.91 Å². The highest BCUT2D eigenvalue weighted by Crippen LogP contribution is 2.23. The minimum absolute atomic E-state index is 0.0113. The van der Waals surface area contributed by atoms with Crippen LogP contribution in [0.4, 0.5) is 0 Å². The lowest BCUT2D eigenvalue weighted by atomic mass is 9.92. The standard InChI is InChI=1S/C16H23NO3/c1-3-13(14-8-6-12(2)7-9-14)11-15(18)17-10-4-5-16(19)20/h6-9,13H,3-5,10-11H2,1-2H3,(H,17,18)(H,19,20). The highest BCUT2D eigenvalue weighted by atomic mass is 16.4. The molecule has 1 atom stereocenters. The van der Waals surface area contributed by atoms with E-state index in [-0.39, 0.29) is 18.2 Å². The van der Waals surface area contributed by atoms with E-state index in [9.17, 15) is 9.59 Å². The molecule has 0 saturated carbocycles. The molecule has 0 aliphatic heterocycles. The Morgan fingerprint density at radius 1 is 1.25 bits per heavy atom. The Morgan fingerprint density at radius 2 is 1.90 bits per heavy atom. The van der Waals surface area contributed by atoms with Crippen molar-refractivity contribution in [1.82, 2.24) is 5.32 Å². The van der Waals surface area contributed by atoms with Crippen LogP contribution in [-0.4, -0.2) is 23.5 Å². The maximum Gasteiger partial charge on any atom is 0.303 e. The van der Waals surface area contributed by atoms with Crippen LogP contribution in [-0.2, 0) is 9.59 Å². The van der Waals surface area contributed by atoms with E-state index in [1.54, 1.807) is 0 Å². The molecule has 0 spiro atoms. The van der Waals surface area contributed by atoms with E-state index in [4.69, 9.17) is 5.11 Å². The Morgan fingerprint density at radius 3 is 2.45 bits per heavy atom. The first-order valence-corrected chi connectivity index (χ1v) is 7.08. The summed E-state index contributed by atoms with van der Waals surface area (Å²) in [6.45, 7) is 4.54. The van der Waals surface area contributed by atoms with Crippen molar-refractivity contribution in [1.29, 1.82) is 0 Å². The van der Waals surface area contributed by atoms with Gasteiger partial charge in [0, 0.05) is 19.4 Å². The molecule has 0 bridgehead atoms. The van der Waals surface area contributed by atoms with Crippen molar-refractivity contribution in [3.05, 3.63) is 35.4 Å². The van der Waals surface area contributed by atoms with Crippen LogP contribution in [0.15, 0.2) is 24.3 Å². The molecule has 1 aromatic rings. The van der Waals surface area contributed by atoms with Gasteiger partial charge in [0.15, 0.2) is 0 Å². The van der Waals surface area contributed by atoms with Crippen LogP contribution < -0.4 is 5.32 Å². The lowest BCUT2D eigenvalue weighted by molar-refractivity contribution is -0.137. The van der Waals surface area contributed by atoms with E-state index in [0.717, 1.165) is 6.42 Å². The van der Waals surface area contributed by atoms with Gasteiger partial charge < -0.3 is 10.4 Å². The van der Waals surface area contributed by atoms with Crippen molar-refractivity contribution in [3.8, 4) is 0 Å². The van der Waals surface area contributed by atoms with E-state index in [2.05, 4.69) is 36.5 Å². The fraction of sp³-hybridized carbons (Fsp3) is 0.500. The molecule has 0 radical (unpaired) electrons. The van der Waals surface area contributed by atoms with Crippen molar-refractivity contribution in [2.75, 3.05) is 6.54 Å². The van der Waals surface area contributed by atoms with E-state index < -0.39 is 5.97 Å². The van der Waals surface area contributed by atoms with Crippen molar-refractivity contribution in [3.63, 3.8) is 0 Å². The van der Waals surface area contributed by atoms with Gasteiger partial charge in [0.25, 0.3) is 0 Å². The van der Waals surface area contributed by atoms with Gasteiger partial charge in [-0.15, -0.1) is 0 Å². The minimum atomic E-state index is -0.828. The monoisotopic (exact) mass is 277 g/mol. The molecule has 4 nitrogen and oxygen atoms in total. The Labute approximate surface area is 120 Å². The molecule has 2 N–H and O–H groups in total. The Kier molecular flexibility index (Phi) is 6.77. The summed E-state index contributed by atoms with van der Waals surface area (Å²) >= 11 is 0. The van der Waals surface area contributed by atoms with Crippen LogP contribution in [0.1, 0.15) is 49.7 Å². The van der Waals surface area contributed by atoms with E-state index >= 15 is 0 Å². The number of carbonyl (C=O) groups excluding carboxylic acids is 1. The van der Waals surface area contributed by atoms with Crippen LogP contribution in [0.25, 0.3) is 0 Å². The summed E-state index contributed by atoms with van der Waals surface area (Å²) < 4.78 is 0. The molecule has 0 aliphatic rings. The molecule has 1 amide bonds. The number of aliphatic carboxylic acids is 1. The zero-order chi connectivity index (χ0) is 15.0. The molecular formula is C16H23NO3. The molecule has 4 heteroatoms. The molecular weight excluding hydrogens is 254 g/mol. The average Bonchev–Trinajstić information content (AvgIpc) is 2.42. The van der Waals surface area contributed by atoms with Crippen LogP contribution in [0.5, 0.6) is 0 Å². The maximum atomic E-state index is 11.8. The first kappa shape index (κ1) is 16.2. The van der Waals surface area contributed by atoms with Crippen LogP contribution in [0, 0.1) is 6.92 Å². The lowest BCUT2D eigenvalue weighted by Crippen LogP contribution is -2.26. The summed E-state index contributed by atoms with van der Waals surface area (Å²) in [4.78, 5) is 22.2. The second-order valence-electron chi connectivity index (χ2n) is 5.07. The van der Waals surface area contributed by atoms with Gasteiger partial charge in [0.05, 0.1) is 0 Å². The Balaban J connectivity index is 2.41. The smallest absolute Gasteiger partial charge is 0.303 e. The highest BCUT2D eigenvalue weighted by Gasteiger charge is 2.13. The number of nitrogens with one attached hydrogen (secondary N) is 1. The molecule has 1 rings (SSSR count). The number of carboxylic acids is 1. The number of rotatable bonds is 8. The zero-order valence-electron chi connectivity index (χ0n) is 12.2. The van der Waals surface area contributed by atoms with Gasteiger partial charge in [-0.05, 0) is 31.2 Å². The third-order valence-electron chi connectivity index (χ3n) is 3.36. The highest BCUT2D eigenvalue weighted by molar-refractivity contribution is 5.77. The van der Waals surface area contributed by atoms with Gasteiger partial charge in [0.1, 0.15) is 0 Å². The molecule has 20 heavy (non-hydrogen) atoms. The molecule has 0 aromatic heterocycles. The average molecular weight is 277 g/mol. The second-order valence-corrected chi connectivity index (χ2v) is 5.07. The van der Waals surface area contributed by atoms with Crippen LogP contribution in [0.3, 0.4) is 0 Å². The fourth-order valence-electron chi connectivity index (χ4n) is 2.10. The molecule has 0 heterocycles. The molecule has 0 fully saturated rings. The number of amides is 1. The minimum Gasteiger partial charge on any atom is -0.481 e. The summed E-state index contributed by atoms with van der Waals surface area (Å²) in [5.41, 5.74) is 2.39. The SMILES string of the molecule is CCC(CC(=O)NCCCC(=O)O)c1ccc(C)cc1. The summed E-state index contributed by atoms with van der Waals surface area (Å²) in [7, 11) is 0. The van der Waals surface area contributed by atoms with Crippen LogP contribution >= 0.6 is 0 Å². The third kappa shape index (κ3) is 5.87. The van der Waals surface area contributed by atoms with Gasteiger partial charge in [-0.3, -0.25) is 9.59 Å². The Bertz CT molecular complexity index is 440. The summed E-state index contributed by atoms with van der Waals surface area (Å²) in [5, 5.41) is 11.3. The first-order valence-electron chi connectivity index (χ1n) is 7.08. The zero-order valence-corrected chi connectivity index (χ0v) is 12.2. The number of carbonyl (C=O) groups is 2. The van der Waals surface area contributed by atoms with Crippen LogP contribution in [0.2, 0.25) is 0 Å². The fourth-order valence-corrected chi connectivity index (χ4v) is 2.10. The Hall–Kier alpha value is -1.84. The largest absolute Gasteiger partial charge is 0.481 e. The van der Waals surface area contributed by atoms with Gasteiger partial charge >= 0.3 is 5.97 Å². The van der Waals surface area contributed by atoms with E-state index in [0.29, 0.717) is 19.4 Å². The molecule has 1 aromatic carbocycles. The van der Waals surface area contributed by atoms with E-state index in [1.807, 2.05) is 6.92 Å². The molecule has 0 saturated heterocycles. The normalized spacial score (nSPS) is 11.9. The number of benzene rings is 1. The van der Waals surface area contributed by atoms with Crippen molar-refractivity contribution in [2.45, 2.75) is 45.4 Å². The molecule has 110 valence electrons. The van der Waals surface area contributed by atoms with Gasteiger partial charge in [-0.2, -0.15) is 0 Å². The van der Waals surface area contributed by atoms with Crippen molar-refractivity contribution < 1.29 is 14.7 Å². The number of hydrogen-bond donors (Lipinski definition) is 2. The number of aryl methyl sites for hydroxylation is 1. The quantitative estimate of drug-likeness (QED) is 0.718. The number of carboxylic acid groups (broad SMARTS) is 1. The predicted octanol–water partition coefficient (Wildman–Crippen LogP) is 2.86. The number of hydrogen-bond acceptors (Lipinski definition) is 2. The molecule has 0 aliphatic carbocycles. The van der Waals surface area contributed by atoms with Gasteiger partial charge in [-0.25, -0.2) is 0 Å². The van der Waals surface area contributed by atoms with E-state index in [1.165, 1.54) is 11.1 Å². The second kappa shape index (κ2) is 8.35. The first-order chi connectivity index (χ1) is 9.52. The van der Waals surface area contributed by atoms with Gasteiger partial charge in [-0.1, -0.05) is 36.8 Å². The van der Waals surface area contributed by atoms with Crippen molar-refractivity contribution >= 4 is 11.9 Å². The lowest BCUT2D eigenvalue weighted by Gasteiger charge is -2.15. The maximum absolute atomic E-state index is 11.8. The van der Waals surface area contributed by atoms with Crippen molar-refractivity contribution in [2.24, 2.45) is 0 Å². The third-order valence-corrected chi connectivity index (χ3v) is 3.36. The summed E-state index contributed by atoms with van der Waals surface area (Å²) in [6.07, 6.45) is 1.93. The predicted molar refractivity (Wildman–Crippen MR) is 78.7 cm³/mol.